The summed E-state index contributed by atoms with van der Waals surface area (Å²) >= 11 is 0. The number of carbonyl (C=O) groups is 2. The number of ether oxygens (including phenoxy) is 2. The molecule has 0 rings (SSSR count). The first-order valence-electron chi connectivity index (χ1n) is 6.39. The minimum Gasteiger partial charge on any atom is -0.481 e. The average molecular weight is 272 g/mol. The second kappa shape index (κ2) is 8.69. The lowest BCUT2D eigenvalue weighted by Gasteiger charge is -2.21. The molecule has 0 amide bonds. The Kier molecular flexibility index (Phi) is 8.07. The number of aliphatic carboxylic acids is 1. The molecule has 1 N–H and O–H groups in total. The zero-order chi connectivity index (χ0) is 14.9. The lowest BCUT2D eigenvalue weighted by atomic mass is 10.1. The van der Waals surface area contributed by atoms with Gasteiger partial charge in [0.2, 0.25) is 0 Å². The van der Waals surface area contributed by atoms with Gasteiger partial charge in [0.25, 0.3) is 0 Å². The van der Waals surface area contributed by atoms with Crippen LogP contribution in [0.4, 0.5) is 0 Å². The zero-order valence-electron chi connectivity index (χ0n) is 12.0. The highest BCUT2D eigenvalue weighted by molar-refractivity contribution is 5.79. The van der Waals surface area contributed by atoms with Crippen LogP contribution in [0.5, 0.6) is 0 Å². The summed E-state index contributed by atoms with van der Waals surface area (Å²) in [5, 5.41) is 9.02. The van der Waals surface area contributed by atoms with Crippen LogP contribution in [0.3, 0.4) is 0 Å². The summed E-state index contributed by atoms with van der Waals surface area (Å²) in [6.07, 6.45) is 3.22. The lowest BCUT2D eigenvalue weighted by Crippen LogP contribution is -2.29. The first-order chi connectivity index (χ1) is 8.76. The van der Waals surface area contributed by atoms with Crippen molar-refractivity contribution in [2.75, 3.05) is 13.2 Å². The van der Waals surface area contributed by atoms with Crippen molar-refractivity contribution in [1.82, 2.24) is 0 Å². The van der Waals surface area contributed by atoms with Crippen molar-refractivity contribution < 1.29 is 24.2 Å². The fourth-order valence-electron chi connectivity index (χ4n) is 1.36. The lowest BCUT2D eigenvalue weighted by molar-refractivity contribution is -0.161. The van der Waals surface area contributed by atoms with Gasteiger partial charge in [-0.1, -0.05) is 6.08 Å². The number of unbranched alkanes of at least 4 members (excludes halogenated alkanes) is 1. The summed E-state index contributed by atoms with van der Waals surface area (Å²) in [5.74, 6) is -2.43. The quantitative estimate of drug-likeness (QED) is 0.396. The van der Waals surface area contributed by atoms with Crippen LogP contribution in [0, 0.1) is 5.92 Å². The predicted octanol–water partition coefficient (Wildman–Crippen LogP) is 2.40. The molecular weight excluding hydrogens is 248 g/mol. The van der Waals surface area contributed by atoms with Gasteiger partial charge in [0.05, 0.1) is 18.9 Å². The average Bonchev–Trinajstić information content (AvgIpc) is 2.24. The summed E-state index contributed by atoms with van der Waals surface area (Å²) in [6.45, 7) is 9.29. The fraction of sp³-hybridized carbons (Fsp3) is 0.714. The van der Waals surface area contributed by atoms with Gasteiger partial charge in [-0.25, -0.2) is 0 Å². The molecular formula is C14H24O5. The van der Waals surface area contributed by atoms with E-state index >= 15 is 0 Å². The van der Waals surface area contributed by atoms with Crippen molar-refractivity contribution in [3.63, 3.8) is 0 Å². The van der Waals surface area contributed by atoms with Gasteiger partial charge in [-0.05, 0) is 33.6 Å². The van der Waals surface area contributed by atoms with Crippen LogP contribution < -0.4 is 0 Å². The van der Waals surface area contributed by atoms with Gasteiger partial charge in [0.15, 0.2) is 0 Å². The Morgan fingerprint density at radius 1 is 1.37 bits per heavy atom. The van der Waals surface area contributed by atoms with Crippen LogP contribution in [-0.2, 0) is 19.1 Å². The highest BCUT2D eigenvalue weighted by Crippen LogP contribution is 2.13. The van der Waals surface area contributed by atoms with E-state index in [0.29, 0.717) is 6.61 Å². The number of hydrogen-bond acceptors (Lipinski definition) is 4. The minimum absolute atomic E-state index is 0.0196. The van der Waals surface area contributed by atoms with Gasteiger partial charge in [-0.15, -0.1) is 6.58 Å². The highest BCUT2D eigenvalue weighted by Gasteiger charge is 2.25. The second-order valence-electron chi connectivity index (χ2n) is 5.33. The van der Waals surface area contributed by atoms with Crippen LogP contribution >= 0.6 is 0 Å². The van der Waals surface area contributed by atoms with Crippen LogP contribution in [0.25, 0.3) is 0 Å². The number of rotatable bonds is 9. The van der Waals surface area contributed by atoms with Gasteiger partial charge in [-0.3, -0.25) is 9.59 Å². The topological polar surface area (TPSA) is 72.8 Å². The summed E-state index contributed by atoms with van der Waals surface area (Å²) in [7, 11) is 0. The standard InChI is InChI=1S/C14H24O5/c1-5-6-7-8-18-10-11(13(16)17)9-12(15)19-14(2,3)4/h5,11H,1,6-10H2,2-4H3,(H,16,17)/t11-/m0/s1. The molecule has 0 aliphatic carbocycles. The van der Waals surface area contributed by atoms with Crippen LogP contribution in [-0.4, -0.2) is 35.9 Å². The molecule has 0 heterocycles. The smallest absolute Gasteiger partial charge is 0.309 e. The maximum atomic E-state index is 11.6. The number of carboxylic acid groups (broad SMARTS) is 1. The fourth-order valence-corrected chi connectivity index (χ4v) is 1.36. The van der Waals surface area contributed by atoms with E-state index in [4.69, 9.17) is 14.6 Å². The van der Waals surface area contributed by atoms with Gasteiger partial charge in [0, 0.05) is 6.61 Å². The van der Waals surface area contributed by atoms with Crippen LogP contribution in [0.2, 0.25) is 0 Å². The molecule has 5 heteroatoms. The Balaban J connectivity index is 4.08. The molecule has 0 fully saturated rings. The monoisotopic (exact) mass is 272 g/mol. The molecule has 0 bridgehead atoms. The number of carboxylic acids is 1. The molecule has 0 aliphatic rings. The van der Waals surface area contributed by atoms with Crippen LogP contribution in [0.1, 0.15) is 40.0 Å². The summed E-state index contributed by atoms with van der Waals surface area (Å²) in [5.41, 5.74) is -0.606. The zero-order valence-corrected chi connectivity index (χ0v) is 12.0. The molecule has 0 spiro atoms. The third-order valence-corrected chi connectivity index (χ3v) is 2.20. The molecule has 0 aromatic rings. The minimum atomic E-state index is -1.05. The van der Waals surface area contributed by atoms with E-state index < -0.39 is 23.5 Å². The maximum absolute atomic E-state index is 11.6. The molecule has 5 nitrogen and oxygen atoms in total. The molecule has 1 atom stereocenters. The second-order valence-corrected chi connectivity index (χ2v) is 5.33. The first-order valence-corrected chi connectivity index (χ1v) is 6.39. The van der Waals surface area contributed by atoms with E-state index in [9.17, 15) is 9.59 Å². The Morgan fingerprint density at radius 3 is 2.47 bits per heavy atom. The molecule has 0 saturated heterocycles. The largest absolute Gasteiger partial charge is 0.481 e. The third-order valence-electron chi connectivity index (χ3n) is 2.20. The Hall–Kier alpha value is -1.36. The predicted molar refractivity (Wildman–Crippen MR) is 71.8 cm³/mol. The Bertz CT molecular complexity index is 303. The van der Waals surface area contributed by atoms with Gasteiger partial charge in [0.1, 0.15) is 5.60 Å². The summed E-state index contributed by atoms with van der Waals surface area (Å²) in [6, 6.07) is 0. The highest BCUT2D eigenvalue weighted by atomic mass is 16.6. The van der Waals surface area contributed by atoms with Crippen molar-refractivity contribution in [2.24, 2.45) is 5.92 Å². The van der Waals surface area contributed by atoms with E-state index in [0.717, 1.165) is 12.8 Å². The number of carbonyl (C=O) groups excluding carboxylic acids is 1. The number of allylic oxidation sites excluding steroid dienone is 1. The van der Waals surface area contributed by atoms with E-state index in [1.807, 2.05) is 0 Å². The normalized spacial score (nSPS) is 12.8. The van der Waals surface area contributed by atoms with Crippen molar-refractivity contribution in [1.29, 1.82) is 0 Å². The molecule has 0 saturated carbocycles. The van der Waals surface area contributed by atoms with E-state index in [-0.39, 0.29) is 13.0 Å². The first kappa shape index (κ1) is 17.6. The van der Waals surface area contributed by atoms with Crippen molar-refractivity contribution in [2.45, 2.75) is 45.6 Å². The van der Waals surface area contributed by atoms with E-state index in [1.54, 1.807) is 26.8 Å². The van der Waals surface area contributed by atoms with Crippen molar-refractivity contribution in [3.8, 4) is 0 Å². The van der Waals surface area contributed by atoms with Gasteiger partial charge >= 0.3 is 11.9 Å². The SMILES string of the molecule is C=CCCCOC[C@H](CC(=O)OC(C)(C)C)C(=O)O. The summed E-state index contributed by atoms with van der Waals surface area (Å²) < 4.78 is 10.3. The molecule has 110 valence electrons. The molecule has 0 aromatic carbocycles. The summed E-state index contributed by atoms with van der Waals surface area (Å²) in [4.78, 5) is 22.6. The Morgan fingerprint density at radius 2 is 2.00 bits per heavy atom. The van der Waals surface area contributed by atoms with Gasteiger partial charge < -0.3 is 14.6 Å². The Labute approximate surface area is 114 Å². The molecule has 0 unspecified atom stereocenters. The van der Waals surface area contributed by atoms with Crippen molar-refractivity contribution in [3.05, 3.63) is 12.7 Å². The van der Waals surface area contributed by atoms with Crippen LogP contribution in [0.15, 0.2) is 12.7 Å². The van der Waals surface area contributed by atoms with E-state index in [1.165, 1.54) is 0 Å². The molecule has 0 aromatic heterocycles. The third kappa shape index (κ3) is 10.3. The van der Waals surface area contributed by atoms with Gasteiger partial charge in [-0.2, -0.15) is 0 Å². The molecule has 0 aliphatic heterocycles. The van der Waals surface area contributed by atoms with Crippen molar-refractivity contribution >= 4 is 11.9 Å². The maximum Gasteiger partial charge on any atom is 0.309 e. The number of hydrogen-bond donors (Lipinski definition) is 1. The molecule has 0 radical (unpaired) electrons. The van der Waals surface area contributed by atoms with E-state index in [2.05, 4.69) is 6.58 Å². The number of esters is 1. The molecule has 19 heavy (non-hydrogen) atoms.